The summed E-state index contributed by atoms with van der Waals surface area (Å²) in [6, 6.07) is 3.62. The van der Waals surface area contributed by atoms with Gasteiger partial charge in [0.15, 0.2) is 11.5 Å². The number of nitrogens with zero attached hydrogens (tertiary/aromatic N) is 7. The molecule has 15 heteroatoms. The van der Waals surface area contributed by atoms with Crippen LogP contribution in [0.2, 0.25) is 5.02 Å². The highest BCUT2D eigenvalue weighted by Gasteiger charge is 2.43. The molecule has 2 saturated heterocycles. The highest BCUT2D eigenvalue weighted by molar-refractivity contribution is 9.10. The highest BCUT2D eigenvalue weighted by atomic mass is 79.9. The topological polar surface area (TPSA) is 138 Å². The van der Waals surface area contributed by atoms with E-state index < -0.39 is 16.3 Å². The number of carbonyl (C=O) groups is 1. The number of rotatable bonds is 5. The summed E-state index contributed by atoms with van der Waals surface area (Å²) in [5.41, 5.74) is 2.44. The van der Waals surface area contributed by atoms with Crippen molar-refractivity contribution in [3.63, 3.8) is 0 Å². The average molecular weight is 638 g/mol. The molecule has 0 spiro atoms. The molecule has 2 bridgehead atoms. The van der Waals surface area contributed by atoms with Crippen LogP contribution in [0.1, 0.15) is 25.7 Å². The first-order valence-electron chi connectivity index (χ1n) is 12.4. The molecule has 0 saturated carbocycles. The first kappa shape index (κ1) is 26.3. The third-order valence-electron chi connectivity index (χ3n) is 7.57. The number of carboxylic acid groups (broad SMARTS) is 1. The van der Waals surface area contributed by atoms with Gasteiger partial charge in [-0.2, -0.15) is 17.8 Å². The van der Waals surface area contributed by atoms with Gasteiger partial charge in [-0.1, -0.05) is 17.7 Å². The number of hydrogen-bond donors (Lipinski definition) is 2. The van der Waals surface area contributed by atoms with Crippen LogP contribution >= 0.6 is 27.5 Å². The molecular formula is C24H26BrClN8O4S. The summed E-state index contributed by atoms with van der Waals surface area (Å²) in [6.07, 6.45) is 5.34. The largest absolute Gasteiger partial charge is 0.465 e. The highest BCUT2D eigenvalue weighted by Crippen LogP contribution is 2.43. The van der Waals surface area contributed by atoms with Crippen molar-refractivity contribution in [1.29, 1.82) is 0 Å². The summed E-state index contributed by atoms with van der Waals surface area (Å²) in [7, 11) is 0.775. The number of benzene rings is 1. The van der Waals surface area contributed by atoms with Gasteiger partial charge < -0.3 is 15.3 Å². The second-order valence-electron chi connectivity index (χ2n) is 10.2. The SMILES string of the molecule is CN(C)S(=O)(=O)n1cc(-c2ccc3nn(C)cc3c2Cl)c2nc(Br)c(N3[C@@H]4CC[C@H]3C[C@@H](NC(=O)O)C4)nc21. The molecule has 2 aliphatic heterocycles. The van der Waals surface area contributed by atoms with Gasteiger partial charge in [0, 0.05) is 68.2 Å². The third-order valence-corrected chi connectivity index (χ3v) is 10.2. The Bertz CT molecular complexity index is 1740. The summed E-state index contributed by atoms with van der Waals surface area (Å²) in [5.74, 6) is 0.539. The summed E-state index contributed by atoms with van der Waals surface area (Å²) < 4.78 is 31.3. The second-order valence-corrected chi connectivity index (χ2v) is 13.4. The minimum absolute atomic E-state index is 0.0550. The van der Waals surface area contributed by atoms with Crippen molar-refractivity contribution in [3.05, 3.63) is 34.2 Å². The number of anilines is 1. The van der Waals surface area contributed by atoms with Crippen LogP contribution < -0.4 is 10.2 Å². The van der Waals surface area contributed by atoms with Gasteiger partial charge in [-0.05, 0) is 47.7 Å². The summed E-state index contributed by atoms with van der Waals surface area (Å²) in [6.45, 7) is 0. The van der Waals surface area contributed by atoms with Crippen molar-refractivity contribution in [2.75, 3.05) is 19.0 Å². The molecule has 3 atom stereocenters. The molecule has 2 N–H and O–H groups in total. The molecule has 12 nitrogen and oxygen atoms in total. The second kappa shape index (κ2) is 9.32. The van der Waals surface area contributed by atoms with E-state index in [0.717, 1.165) is 32.0 Å². The molecule has 2 aliphatic rings. The third kappa shape index (κ3) is 4.24. The Morgan fingerprint density at radius 3 is 2.49 bits per heavy atom. The van der Waals surface area contributed by atoms with Gasteiger partial charge in [-0.3, -0.25) is 4.68 Å². The summed E-state index contributed by atoms with van der Waals surface area (Å²) in [5, 5.41) is 17.4. The van der Waals surface area contributed by atoms with Crippen LogP contribution in [0.15, 0.2) is 29.1 Å². The fourth-order valence-electron chi connectivity index (χ4n) is 5.89. The zero-order valence-electron chi connectivity index (χ0n) is 21.3. The lowest BCUT2D eigenvalue weighted by Gasteiger charge is -2.39. The number of aromatic nitrogens is 5. The van der Waals surface area contributed by atoms with E-state index in [1.807, 2.05) is 25.4 Å². The molecular weight excluding hydrogens is 612 g/mol. The molecule has 0 radical (unpaired) electrons. The maximum absolute atomic E-state index is 13.4. The molecule has 39 heavy (non-hydrogen) atoms. The molecule has 2 fully saturated rings. The summed E-state index contributed by atoms with van der Waals surface area (Å²) in [4.78, 5) is 23.1. The molecule has 6 rings (SSSR count). The number of hydrogen-bond acceptors (Lipinski definition) is 7. The molecule has 206 valence electrons. The van der Waals surface area contributed by atoms with E-state index in [1.165, 1.54) is 20.3 Å². The maximum atomic E-state index is 13.4. The normalized spacial score (nSPS) is 21.4. The predicted octanol–water partition coefficient (Wildman–Crippen LogP) is 3.82. The van der Waals surface area contributed by atoms with Gasteiger partial charge in [-0.15, -0.1) is 0 Å². The van der Waals surface area contributed by atoms with Gasteiger partial charge in [0.05, 0.1) is 10.5 Å². The molecule has 1 aromatic carbocycles. The van der Waals surface area contributed by atoms with E-state index in [4.69, 9.17) is 21.6 Å². The van der Waals surface area contributed by atoms with Crippen molar-refractivity contribution < 1.29 is 18.3 Å². The van der Waals surface area contributed by atoms with Crippen LogP contribution in [-0.2, 0) is 17.3 Å². The average Bonchev–Trinajstić information content (AvgIpc) is 3.50. The number of aryl methyl sites for hydroxylation is 1. The van der Waals surface area contributed by atoms with E-state index in [0.29, 0.717) is 44.9 Å². The van der Waals surface area contributed by atoms with Gasteiger partial charge in [0.25, 0.3) is 0 Å². The molecule has 3 aromatic heterocycles. The lowest BCUT2D eigenvalue weighted by Crippen LogP contribution is -2.50. The molecule has 0 aliphatic carbocycles. The van der Waals surface area contributed by atoms with Crippen molar-refractivity contribution in [2.45, 2.75) is 43.8 Å². The Kier molecular flexibility index (Phi) is 6.28. The van der Waals surface area contributed by atoms with E-state index in [-0.39, 0.29) is 23.8 Å². The van der Waals surface area contributed by atoms with E-state index in [1.54, 1.807) is 4.68 Å². The molecule has 4 aromatic rings. The van der Waals surface area contributed by atoms with Crippen molar-refractivity contribution in [2.24, 2.45) is 7.05 Å². The Labute approximate surface area is 237 Å². The number of piperidine rings is 1. The smallest absolute Gasteiger partial charge is 0.404 e. The lowest BCUT2D eigenvalue weighted by molar-refractivity contribution is 0.185. The van der Waals surface area contributed by atoms with Gasteiger partial charge in [-0.25, -0.2) is 18.7 Å². The van der Waals surface area contributed by atoms with Gasteiger partial charge in [0.1, 0.15) is 10.1 Å². The monoisotopic (exact) mass is 636 g/mol. The first-order valence-corrected chi connectivity index (χ1v) is 14.9. The zero-order valence-corrected chi connectivity index (χ0v) is 24.5. The number of nitrogens with one attached hydrogen (secondary N) is 1. The Morgan fingerprint density at radius 2 is 1.85 bits per heavy atom. The van der Waals surface area contributed by atoms with E-state index in [9.17, 15) is 18.3 Å². The van der Waals surface area contributed by atoms with Crippen LogP contribution in [0.3, 0.4) is 0 Å². The Balaban J connectivity index is 1.53. The number of fused-ring (bicyclic) bond motifs is 4. The Hall–Kier alpha value is -2.94. The maximum Gasteiger partial charge on any atom is 0.404 e. The zero-order chi connectivity index (χ0) is 27.8. The number of amides is 1. The standard InChI is InChI=1S/C24H26BrClN8O4S/c1-31(2)39(37,38)33-11-16(15-6-7-18-17(19(15)26)10-32(3)30-18)20-22(33)29-23(21(25)28-20)34-13-4-5-14(34)9-12(8-13)27-24(35)36/h6-7,10-14,27H,4-5,8-9H2,1-3H3,(H,35,36)/t12-,13+,14-. The fourth-order valence-corrected chi connectivity index (χ4v) is 7.60. The van der Waals surface area contributed by atoms with Crippen LogP contribution in [0.25, 0.3) is 33.2 Å². The van der Waals surface area contributed by atoms with Crippen LogP contribution in [0.4, 0.5) is 10.6 Å². The minimum Gasteiger partial charge on any atom is -0.465 e. The molecule has 5 heterocycles. The predicted molar refractivity (Wildman–Crippen MR) is 151 cm³/mol. The summed E-state index contributed by atoms with van der Waals surface area (Å²) >= 11 is 10.4. The first-order chi connectivity index (χ1) is 18.5. The fraction of sp³-hybridized carbons (Fsp3) is 0.417. The van der Waals surface area contributed by atoms with Crippen molar-refractivity contribution in [1.82, 2.24) is 33.3 Å². The van der Waals surface area contributed by atoms with Crippen LogP contribution in [0, 0.1) is 0 Å². The van der Waals surface area contributed by atoms with Gasteiger partial charge in [0.2, 0.25) is 0 Å². The van der Waals surface area contributed by atoms with Gasteiger partial charge >= 0.3 is 16.3 Å². The number of halogens is 2. The minimum atomic E-state index is -3.96. The molecule has 1 amide bonds. The van der Waals surface area contributed by atoms with Crippen LogP contribution in [-0.4, -0.2) is 79.9 Å². The van der Waals surface area contributed by atoms with E-state index in [2.05, 4.69) is 31.2 Å². The lowest BCUT2D eigenvalue weighted by atomic mass is 9.97. The van der Waals surface area contributed by atoms with Crippen LogP contribution in [0.5, 0.6) is 0 Å². The van der Waals surface area contributed by atoms with Crippen molar-refractivity contribution >= 4 is 71.7 Å². The Morgan fingerprint density at radius 1 is 1.15 bits per heavy atom. The van der Waals surface area contributed by atoms with E-state index >= 15 is 0 Å². The van der Waals surface area contributed by atoms with Crippen molar-refractivity contribution in [3.8, 4) is 11.1 Å². The molecule has 0 unspecified atom stereocenters. The quantitative estimate of drug-likeness (QED) is 0.337.